The Labute approximate surface area is 161 Å². The second-order valence-electron chi connectivity index (χ2n) is 10.4. The predicted molar refractivity (Wildman–Crippen MR) is 101 cm³/mol. The third-order valence-electron chi connectivity index (χ3n) is 8.82. The molecule has 6 heteroatoms. The van der Waals surface area contributed by atoms with E-state index in [1.54, 1.807) is 6.33 Å². The molecule has 0 unspecified atom stereocenters. The summed E-state index contributed by atoms with van der Waals surface area (Å²) in [5.41, 5.74) is -0.101. The number of carbonyl (C=O) groups excluding carboxylic acids is 1. The van der Waals surface area contributed by atoms with E-state index in [-0.39, 0.29) is 11.0 Å². The lowest BCUT2D eigenvalue weighted by Crippen LogP contribution is -2.62. The van der Waals surface area contributed by atoms with Crippen molar-refractivity contribution < 1.29 is 4.79 Å². The molecular weight excluding hydrogens is 338 g/mol. The van der Waals surface area contributed by atoms with Crippen molar-refractivity contribution in [1.29, 1.82) is 0 Å². The van der Waals surface area contributed by atoms with Crippen LogP contribution >= 0.6 is 0 Å². The largest absolute Gasteiger partial charge is 0.341 e. The summed E-state index contributed by atoms with van der Waals surface area (Å²) < 4.78 is 2.12. The highest BCUT2D eigenvalue weighted by molar-refractivity contribution is 5.83. The van der Waals surface area contributed by atoms with E-state index in [4.69, 9.17) is 0 Å². The maximum atomic E-state index is 14.0. The van der Waals surface area contributed by atoms with Crippen molar-refractivity contribution in [2.75, 3.05) is 20.1 Å². The molecule has 6 fully saturated rings. The van der Waals surface area contributed by atoms with Gasteiger partial charge in [-0.2, -0.15) is 5.10 Å². The van der Waals surface area contributed by atoms with Crippen LogP contribution in [0.4, 0.5) is 0 Å². The zero-order chi connectivity index (χ0) is 18.2. The SMILES string of the molecule is CN1[C@H]2CC[C@@H]1CN(C(=O)C13C[C@@H]4C[C@@H](C1)CC(n1cncn1)(C4)C3)CC2. The number of likely N-dealkylation sites (N-methyl/N-ethyl adjacent to an activating group) is 1. The Kier molecular flexibility index (Phi) is 3.40. The Bertz CT molecular complexity index is 732. The lowest BCUT2D eigenvalue weighted by molar-refractivity contribution is -0.167. The Morgan fingerprint density at radius 1 is 1.07 bits per heavy atom. The first-order valence-corrected chi connectivity index (χ1v) is 10.9. The molecule has 7 rings (SSSR count). The normalized spacial score (nSPS) is 46.0. The third kappa shape index (κ3) is 2.31. The second kappa shape index (κ2) is 5.56. The number of rotatable bonds is 2. The van der Waals surface area contributed by atoms with Crippen LogP contribution in [0.25, 0.3) is 0 Å². The molecule has 27 heavy (non-hydrogen) atoms. The van der Waals surface area contributed by atoms with Crippen LogP contribution in [0.3, 0.4) is 0 Å². The standard InChI is InChI=1S/C21H31N5O/c1-24-17-2-3-18(24)11-25(5-4-17)19(27)20-7-15-6-16(8-20)10-21(9-15,12-20)26-14-22-13-23-26/h13-18H,2-12H2,1H3/t15-,16-,17-,18+,20?,21?/m0/s1. The summed E-state index contributed by atoms with van der Waals surface area (Å²) in [5.74, 6) is 1.85. The van der Waals surface area contributed by atoms with Crippen molar-refractivity contribution >= 4 is 5.91 Å². The molecular formula is C21H31N5O. The molecule has 2 aliphatic heterocycles. The zero-order valence-electron chi connectivity index (χ0n) is 16.4. The lowest BCUT2D eigenvalue weighted by Gasteiger charge is -2.61. The van der Waals surface area contributed by atoms with Gasteiger partial charge in [-0.15, -0.1) is 0 Å². The fraction of sp³-hybridized carbons (Fsp3) is 0.857. The molecule has 0 aromatic carbocycles. The molecule has 146 valence electrons. The van der Waals surface area contributed by atoms with Gasteiger partial charge < -0.3 is 4.90 Å². The predicted octanol–water partition coefficient (Wildman–Crippen LogP) is 2.27. The van der Waals surface area contributed by atoms with Crippen LogP contribution in [0.1, 0.15) is 57.8 Å². The number of aromatic nitrogens is 3. The highest BCUT2D eigenvalue weighted by Gasteiger charge is 2.62. The molecule has 0 radical (unpaired) electrons. The van der Waals surface area contributed by atoms with Gasteiger partial charge in [0.15, 0.2) is 0 Å². The van der Waals surface area contributed by atoms with Gasteiger partial charge in [0.05, 0.1) is 11.0 Å². The quantitative estimate of drug-likeness (QED) is 0.802. The number of hydrogen-bond donors (Lipinski definition) is 0. The van der Waals surface area contributed by atoms with Crippen molar-refractivity contribution in [3.05, 3.63) is 12.7 Å². The van der Waals surface area contributed by atoms with E-state index in [0.29, 0.717) is 29.8 Å². The smallest absolute Gasteiger partial charge is 0.228 e. The molecule has 1 aromatic rings. The summed E-state index contributed by atoms with van der Waals surface area (Å²) >= 11 is 0. The van der Waals surface area contributed by atoms with E-state index in [0.717, 1.165) is 38.8 Å². The van der Waals surface area contributed by atoms with Crippen LogP contribution in [-0.4, -0.2) is 62.7 Å². The molecule has 6 nitrogen and oxygen atoms in total. The average molecular weight is 370 g/mol. The van der Waals surface area contributed by atoms with Crippen molar-refractivity contribution in [1.82, 2.24) is 24.6 Å². The summed E-state index contributed by atoms with van der Waals surface area (Å²) in [6.45, 7) is 1.90. The van der Waals surface area contributed by atoms with E-state index < -0.39 is 0 Å². The lowest BCUT2D eigenvalue weighted by atomic mass is 9.46. The van der Waals surface area contributed by atoms with E-state index >= 15 is 0 Å². The van der Waals surface area contributed by atoms with E-state index in [1.165, 1.54) is 32.1 Å². The molecule has 1 aromatic heterocycles. The Balaban J connectivity index is 1.31. The van der Waals surface area contributed by atoms with Crippen molar-refractivity contribution in [3.63, 3.8) is 0 Å². The first-order valence-electron chi connectivity index (χ1n) is 10.9. The molecule has 6 aliphatic rings. The first-order chi connectivity index (χ1) is 13.1. The maximum absolute atomic E-state index is 14.0. The minimum Gasteiger partial charge on any atom is -0.341 e. The topological polar surface area (TPSA) is 54.3 Å². The van der Waals surface area contributed by atoms with Crippen LogP contribution in [0.5, 0.6) is 0 Å². The van der Waals surface area contributed by atoms with Crippen molar-refractivity contribution in [2.45, 2.75) is 75.4 Å². The molecule has 4 atom stereocenters. The van der Waals surface area contributed by atoms with Crippen LogP contribution in [-0.2, 0) is 10.3 Å². The van der Waals surface area contributed by atoms with Gasteiger partial charge in [0.1, 0.15) is 12.7 Å². The molecule has 4 saturated carbocycles. The summed E-state index contributed by atoms with van der Waals surface area (Å²) in [4.78, 5) is 23.0. The molecule has 4 aliphatic carbocycles. The molecule has 0 N–H and O–H groups in total. The van der Waals surface area contributed by atoms with E-state index in [9.17, 15) is 4.79 Å². The number of amides is 1. The maximum Gasteiger partial charge on any atom is 0.228 e. The van der Waals surface area contributed by atoms with E-state index in [1.807, 2.05) is 6.33 Å². The minimum absolute atomic E-state index is 0.0396. The van der Waals surface area contributed by atoms with Gasteiger partial charge in [0.2, 0.25) is 5.91 Å². The molecule has 6 bridgehead atoms. The van der Waals surface area contributed by atoms with E-state index in [2.05, 4.69) is 31.6 Å². The summed E-state index contributed by atoms with van der Waals surface area (Å²) in [5, 5.41) is 4.54. The van der Waals surface area contributed by atoms with Gasteiger partial charge in [0, 0.05) is 25.2 Å². The van der Waals surface area contributed by atoms with Crippen LogP contribution in [0, 0.1) is 17.3 Å². The summed E-state index contributed by atoms with van der Waals surface area (Å²) in [7, 11) is 2.26. The summed E-state index contributed by atoms with van der Waals surface area (Å²) in [6.07, 6.45) is 14.2. The van der Waals surface area contributed by atoms with Gasteiger partial charge >= 0.3 is 0 Å². The number of likely N-dealkylation sites (tertiary alicyclic amines) is 1. The number of nitrogens with zero attached hydrogens (tertiary/aromatic N) is 5. The fourth-order valence-electron chi connectivity index (χ4n) is 8.01. The summed E-state index contributed by atoms with van der Waals surface area (Å²) in [6, 6.07) is 1.25. The molecule has 2 saturated heterocycles. The van der Waals surface area contributed by atoms with Gasteiger partial charge in [-0.05, 0) is 76.7 Å². The van der Waals surface area contributed by atoms with Gasteiger partial charge in [-0.25, -0.2) is 9.67 Å². The highest BCUT2D eigenvalue weighted by Crippen LogP contribution is 2.64. The Morgan fingerprint density at radius 2 is 1.85 bits per heavy atom. The van der Waals surface area contributed by atoms with Crippen LogP contribution in [0.2, 0.25) is 0 Å². The van der Waals surface area contributed by atoms with Crippen molar-refractivity contribution in [3.8, 4) is 0 Å². The zero-order valence-corrected chi connectivity index (χ0v) is 16.4. The van der Waals surface area contributed by atoms with Gasteiger partial charge in [-0.1, -0.05) is 0 Å². The first kappa shape index (κ1) is 16.5. The Morgan fingerprint density at radius 3 is 2.59 bits per heavy atom. The number of fused-ring (bicyclic) bond motifs is 2. The third-order valence-corrected chi connectivity index (χ3v) is 8.82. The number of hydrogen-bond acceptors (Lipinski definition) is 4. The number of carbonyl (C=O) groups is 1. The van der Waals surface area contributed by atoms with Gasteiger partial charge in [0.25, 0.3) is 0 Å². The molecule has 1 amide bonds. The minimum atomic E-state index is -0.141. The van der Waals surface area contributed by atoms with Crippen LogP contribution < -0.4 is 0 Å². The fourth-order valence-corrected chi connectivity index (χ4v) is 8.01. The highest BCUT2D eigenvalue weighted by atomic mass is 16.2. The van der Waals surface area contributed by atoms with Gasteiger partial charge in [-0.3, -0.25) is 9.69 Å². The molecule has 3 heterocycles. The van der Waals surface area contributed by atoms with Crippen molar-refractivity contribution in [2.24, 2.45) is 17.3 Å². The second-order valence-corrected chi connectivity index (χ2v) is 10.4. The monoisotopic (exact) mass is 369 g/mol. The average Bonchev–Trinajstić information content (AvgIpc) is 3.23. The molecule has 0 spiro atoms. The Hall–Kier alpha value is -1.43. The van der Waals surface area contributed by atoms with Crippen LogP contribution in [0.15, 0.2) is 12.7 Å².